The van der Waals surface area contributed by atoms with Gasteiger partial charge in [0.25, 0.3) is 5.56 Å². The van der Waals surface area contributed by atoms with E-state index < -0.39 is 0 Å². The molecule has 0 aliphatic rings. The topological polar surface area (TPSA) is 71.8 Å². The van der Waals surface area contributed by atoms with Crippen molar-refractivity contribution in [2.75, 3.05) is 0 Å². The number of nitrogens with one attached hydrogen (secondary N) is 1. The van der Waals surface area contributed by atoms with Gasteiger partial charge in [-0.25, -0.2) is 4.98 Å². The van der Waals surface area contributed by atoms with Crippen molar-refractivity contribution in [1.82, 2.24) is 9.97 Å². The second-order valence-corrected chi connectivity index (χ2v) is 6.31. The molecule has 1 atom stereocenters. The summed E-state index contributed by atoms with van der Waals surface area (Å²) in [5.74, 6) is 0. The molecule has 0 fully saturated rings. The Bertz CT molecular complexity index is 685. The molecule has 0 aliphatic carbocycles. The fourth-order valence-corrected chi connectivity index (χ4v) is 3.02. The van der Waals surface area contributed by atoms with Crippen LogP contribution in [0.3, 0.4) is 0 Å². The minimum atomic E-state index is -0.140. The van der Waals surface area contributed by atoms with Crippen molar-refractivity contribution in [2.24, 2.45) is 5.73 Å². The summed E-state index contributed by atoms with van der Waals surface area (Å²) in [7, 11) is 0. The third kappa shape index (κ3) is 4.33. The van der Waals surface area contributed by atoms with Crippen molar-refractivity contribution in [2.45, 2.75) is 42.8 Å². The third-order valence-electron chi connectivity index (χ3n) is 2.97. The van der Waals surface area contributed by atoms with Crippen LogP contribution in [0.25, 0.3) is 0 Å². The number of rotatable bonds is 5. The minimum absolute atomic E-state index is 0.0626. The number of nitrogens with zero attached hydrogens (tertiary/aromatic N) is 1. The molecule has 0 radical (unpaired) electrons. The number of nitrogens with two attached hydrogens (primary N) is 1. The summed E-state index contributed by atoms with van der Waals surface area (Å²) >= 11 is 7.62. The summed E-state index contributed by atoms with van der Waals surface area (Å²) in [6, 6.07) is 7.16. The molecule has 6 heteroatoms. The number of H-pyrrole nitrogens is 1. The number of hydrogen-bond acceptors (Lipinski definition) is 4. The quantitative estimate of drug-likeness (QED) is 0.825. The molecule has 2 rings (SSSR count). The van der Waals surface area contributed by atoms with Crippen LogP contribution in [0.4, 0.5) is 0 Å². The summed E-state index contributed by atoms with van der Waals surface area (Å²) in [5.41, 5.74) is 7.47. The number of benzene rings is 1. The SMILES string of the molecule is CCCc1cc(=O)[nH]c(Sc2ccc([C@@H](C)N)cc2Cl)n1. The van der Waals surface area contributed by atoms with Gasteiger partial charge in [-0.15, -0.1) is 0 Å². The zero-order valence-electron chi connectivity index (χ0n) is 12.0. The van der Waals surface area contributed by atoms with Crippen LogP contribution in [0.2, 0.25) is 5.02 Å². The van der Waals surface area contributed by atoms with E-state index in [0.29, 0.717) is 10.2 Å². The lowest BCUT2D eigenvalue weighted by Gasteiger charge is -2.09. The summed E-state index contributed by atoms with van der Waals surface area (Å²) in [6.07, 6.45) is 1.74. The molecule has 1 aromatic heterocycles. The van der Waals surface area contributed by atoms with Crippen molar-refractivity contribution >= 4 is 23.4 Å². The van der Waals surface area contributed by atoms with Gasteiger partial charge in [0.2, 0.25) is 0 Å². The lowest BCUT2D eigenvalue weighted by atomic mass is 10.1. The van der Waals surface area contributed by atoms with Gasteiger partial charge >= 0.3 is 0 Å². The Hall–Kier alpha value is -1.30. The Kier molecular flexibility index (Phi) is 5.45. The molecule has 0 aliphatic heterocycles. The first-order valence-corrected chi connectivity index (χ1v) is 8.02. The Morgan fingerprint density at radius 2 is 2.19 bits per heavy atom. The molecule has 21 heavy (non-hydrogen) atoms. The fourth-order valence-electron chi connectivity index (χ4n) is 1.90. The van der Waals surface area contributed by atoms with Gasteiger partial charge in [0.15, 0.2) is 5.16 Å². The zero-order chi connectivity index (χ0) is 15.4. The molecule has 4 nitrogen and oxygen atoms in total. The number of aryl methyl sites for hydroxylation is 1. The zero-order valence-corrected chi connectivity index (χ0v) is 13.6. The summed E-state index contributed by atoms with van der Waals surface area (Å²) in [6.45, 7) is 3.96. The molecule has 0 saturated heterocycles. The van der Waals surface area contributed by atoms with Crippen LogP contribution in [0, 0.1) is 0 Å². The van der Waals surface area contributed by atoms with E-state index in [0.717, 1.165) is 29.0 Å². The molecule has 0 spiro atoms. The van der Waals surface area contributed by atoms with E-state index >= 15 is 0 Å². The Labute approximate surface area is 133 Å². The summed E-state index contributed by atoms with van der Waals surface area (Å²) in [5, 5.41) is 1.17. The van der Waals surface area contributed by atoms with Crippen molar-refractivity contribution < 1.29 is 0 Å². The molecule has 0 saturated carbocycles. The smallest absolute Gasteiger partial charge is 0.251 e. The van der Waals surface area contributed by atoms with Gasteiger partial charge in [-0.3, -0.25) is 4.79 Å². The van der Waals surface area contributed by atoms with Crippen molar-refractivity contribution in [3.63, 3.8) is 0 Å². The molecule has 1 aromatic carbocycles. The second-order valence-electron chi connectivity index (χ2n) is 4.87. The first-order valence-electron chi connectivity index (χ1n) is 6.82. The normalized spacial score (nSPS) is 12.4. The van der Waals surface area contributed by atoms with E-state index in [-0.39, 0.29) is 11.6 Å². The molecule has 112 valence electrons. The maximum absolute atomic E-state index is 11.6. The van der Waals surface area contributed by atoms with E-state index in [2.05, 4.69) is 16.9 Å². The second kappa shape index (κ2) is 7.11. The molecule has 0 bridgehead atoms. The maximum Gasteiger partial charge on any atom is 0.251 e. The van der Waals surface area contributed by atoms with Crippen molar-refractivity contribution in [1.29, 1.82) is 0 Å². The predicted molar refractivity (Wildman–Crippen MR) is 87.0 cm³/mol. The summed E-state index contributed by atoms with van der Waals surface area (Å²) < 4.78 is 0. The van der Waals surface area contributed by atoms with Crippen molar-refractivity contribution in [3.8, 4) is 0 Å². The van der Waals surface area contributed by atoms with Crippen LogP contribution in [0.1, 0.15) is 37.6 Å². The lowest BCUT2D eigenvalue weighted by Crippen LogP contribution is -2.09. The maximum atomic E-state index is 11.6. The highest BCUT2D eigenvalue weighted by Gasteiger charge is 2.09. The predicted octanol–water partition coefficient (Wildman–Crippen LogP) is 3.55. The standard InChI is InChI=1S/C15H18ClN3OS/c1-3-4-11-8-14(20)19-15(18-11)21-13-6-5-10(9(2)17)7-12(13)16/h5-9H,3-4,17H2,1-2H3,(H,18,19,20)/t9-/m1/s1. The van der Waals surface area contributed by atoms with Crippen molar-refractivity contribution in [3.05, 3.63) is 50.9 Å². The van der Waals surface area contributed by atoms with E-state index in [9.17, 15) is 4.79 Å². The molecule has 1 heterocycles. The van der Waals surface area contributed by atoms with Crippen LogP contribution in [-0.2, 0) is 6.42 Å². The van der Waals surface area contributed by atoms with Gasteiger partial charge in [-0.05, 0) is 31.0 Å². The fraction of sp³-hybridized carbons (Fsp3) is 0.333. The molecule has 2 aromatic rings. The third-order valence-corrected chi connectivity index (χ3v) is 4.35. The van der Waals surface area contributed by atoms with E-state index in [4.69, 9.17) is 17.3 Å². The molecular weight excluding hydrogens is 306 g/mol. The van der Waals surface area contributed by atoms with Crippen LogP contribution < -0.4 is 11.3 Å². The molecule has 3 N–H and O–H groups in total. The van der Waals surface area contributed by atoms with E-state index in [1.807, 2.05) is 25.1 Å². The van der Waals surface area contributed by atoms with Gasteiger partial charge < -0.3 is 10.7 Å². The highest BCUT2D eigenvalue weighted by Crippen LogP contribution is 2.32. The van der Waals surface area contributed by atoms with Crippen LogP contribution >= 0.6 is 23.4 Å². The molecule has 0 amide bonds. The largest absolute Gasteiger partial charge is 0.324 e. The average Bonchev–Trinajstić information content (AvgIpc) is 2.40. The first-order chi connectivity index (χ1) is 9.99. The first kappa shape index (κ1) is 16.1. The van der Waals surface area contributed by atoms with Gasteiger partial charge in [0.05, 0.1) is 5.02 Å². The number of aromatic nitrogens is 2. The number of hydrogen-bond donors (Lipinski definition) is 2. The lowest BCUT2D eigenvalue weighted by molar-refractivity contribution is 0.814. The molecule has 0 unspecified atom stereocenters. The number of halogens is 1. The highest BCUT2D eigenvalue weighted by molar-refractivity contribution is 7.99. The van der Waals surface area contributed by atoms with Gasteiger partial charge in [0.1, 0.15) is 0 Å². The Balaban J connectivity index is 2.27. The highest BCUT2D eigenvalue weighted by atomic mass is 35.5. The number of aromatic amines is 1. The summed E-state index contributed by atoms with van der Waals surface area (Å²) in [4.78, 5) is 19.7. The average molecular weight is 324 g/mol. The Morgan fingerprint density at radius 1 is 1.43 bits per heavy atom. The van der Waals surface area contributed by atoms with Gasteiger partial charge in [0, 0.05) is 22.7 Å². The van der Waals surface area contributed by atoms with Gasteiger partial charge in [-0.1, -0.05) is 42.8 Å². The van der Waals surface area contributed by atoms with Crippen LogP contribution in [0.15, 0.2) is 39.1 Å². The molecular formula is C15H18ClN3OS. The minimum Gasteiger partial charge on any atom is -0.324 e. The van der Waals surface area contributed by atoms with E-state index in [1.165, 1.54) is 17.8 Å². The monoisotopic (exact) mass is 323 g/mol. The van der Waals surface area contributed by atoms with Crippen LogP contribution in [0.5, 0.6) is 0 Å². The van der Waals surface area contributed by atoms with Gasteiger partial charge in [-0.2, -0.15) is 0 Å². The Morgan fingerprint density at radius 3 is 2.81 bits per heavy atom. The van der Waals surface area contributed by atoms with Crippen LogP contribution in [-0.4, -0.2) is 9.97 Å². The van der Waals surface area contributed by atoms with E-state index in [1.54, 1.807) is 0 Å².